The van der Waals surface area contributed by atoms with E-state index in [1.165, 1.54) is 0 Å². The smallest absolute Gasteiger partial charge is 0.223 e. The molecule has 1 heterocycles. The van der Waals surface area contributed by atoms with E-state index >= 15 is 0 Å². The molecule has 1 saturated carbocycles. The fourth-order valence-electron chi connectivity index (χ4n) is 2.29. The Balaban J connectivity index is 1.89. The van der Waals surface area contributed by atoms with E-state index in [-0.39, 0.29) is 11.8 Å². The van der Waals surface area contributed by atoms with Crippen LogP contribution in [0, 0.1) is 5.92 Å². The third kappa shape index (κ3) is 2.24. The Kier molecular flexibility index (Phi) is 3.53. The zero-order valence-electron chi connectivity index (χ0n) is 9.29. The van der Waals surface area contributed by atoms with Gasteiger partial charge in [-0.05, 0) is 30.8 Å². The van der Waals surface area contributed by atoms with Gasteiger partial charge in [-0.25, -0.2) is 4.39 Å². The SMILES string of the molecule is C=C1C(CC(=O)N2CCC2)CCC(Cl)C1F. The van der Waals surface area contributed by atoms with Crippen molar-refractivity contribution in [2.24, 2.45) is 5.92 Å². The third-order valence-electron chi connectivity index (χ3n) is 3.62. The van der Waals surface area contributed by atoms with Gasteiger partial charge in [0, 0.05) is 19.5 Å². The highest BCUT2D eigenvalue weighted by Gasteiger charge is 2.34. The molecule has 2 nitrogen and oxygen atoms in total. The number of carbonyl (C=O) groups is 1. The summed E-state index contributed by atoms with van der Waals surface area (Å²) in [6, 6.07) is 0. The second kappa shape index (κ2) is 4.74. The van der Waals surface area contributed by atoms with Crippen LogP contribution in [0.25, 0.3) is 0 Å². The Morgan fingerprint density at radius 2 is 2.19 bits per heavy atom. The Morgan fingerprint density at radius 3 is 2.75 bits per heavy atom. The number of nitrogens with zero attached hydrogens (tertiary/aromatic N) is 1. The fourth-order valence-corrected chi connectivity index (χ4v) is 2.58. The summed E-state index contributed by atoms with van der Waals surface area (Å²) in [6.07, 6.45) is 1.77. The maximum Gasteiger partial charge on any atom is 0.223 e. The lowest BCUT2D eigenvalue weighted by atomic mass is 9.81. The zero-order chi connectivity index (χ0) is 11.7. The Hall–Kier alpha value is -0.570. The molecule has 2 fully saturated rings. The van der Waals surface area contributed by atoms with Crippen molar-refractivity contribution in [1.29, 1.82) is 0 Å². The molecule has 1 amide bonds. The molecule has 0 N–H and O–H groups in total. The van der Waals surface area contributed by atoms with Gasteiger partial charge in [-0.15, -0.1) is 11.6 Å². The quantitative estimate of drug-likeness (QED) is 0.541. The van der Waals surface area contributed by atoms with Crippen LogP contribution in [-0.4, -0.2) is 35.4 Å². The number of likely N-dealkylation sites (tertiary alicyclic amines) is 1. The number of hydrogen-bond donors (Lipinski definition) is 0. The topological polar surface area (TPSA) is 20.3 Å². The van der Waals surface area contributed by atoms with Crippen molar-refractivity contribution in [1.82, 2.24) is 4.90 Å². The van der Waals surface area contributed by atoms with Gasteiger partial charge < -0.3 is 4.90 Å². The first kappa shape index (κ1) is 11.9. The van der Waals surface area contributed by atoms with Crippen molar-refractivity contribution in [2.75, 3.05) is 13.1 Å². The molecule has 4 heteroatoms. The van der Waals surface area contributed by atoms with Crippen LogP contribution in [0.15, 0.2) is 12.2 Å². The number of allylic oxidation sites excluding steroid dienone is 1. The molecule has 1 aliphatic carbocycles. The second-order valence-corrected chi connectivity index (χ2v) is 5.27. The minimum Gasteiger partial charge on any atom is -0.343 e. The summed E-state index contributed by atoms with van der Waals surface area (Å²) in [5, 5.41) is -0.456. The molecule has 1 saturated heterocycles. The van der Waals surface area contributed by atoms with E-state index in [2.05, 4.69) is 6.58 Å². The zero-order valence-corrected chi connectivity index (χ0v) is 10.0. The van der Waals surface area contributed by atoms with Crippen molar-refractivity contribution >= 4 is 17.5 Å². The van der Waals surface area contributed by atoms with E-state index in [9.17, 15) is 9.18 Å². The minimum atomic E-state index is -1.15. The molecule has 0 aromatic heterocycles. The number of amides is 1. The van der Waals surface area contributed by atoms with Crippen molar-refractivity contribution in [3.05, 3.63) is 12.2 Å². The summed E-state index contributed by atoms with van der Waals surface area (Å²) in [6.45, 7) is 5.47. The molecule has 0 aromatic carbocycles. The van der Waals surface area contributed by atoms with E-state index in [1.807, 2.05) is 4.90 Å². The van der Waals surface area contributed by atoms with E-state index in [1.54, 1.807) is 0 Å². The highest BCUT2D eigenvalue weighted by atomic mass is 35.5. The molecule has 0 spiro atoms. The van der Waals surface area contributed by atoms with Crippen molar-refractivity contribution in [3.8, 4) is 0 Å². The summed E-state index contributed by atoms with van der Waals surface area (Å²) in [5.41, 5.74) is 0.514. The summed E-state index contributed by atoms with van der Waals surface area (Å²) in [4.78, 5) is 13.6. The summed E-state index contributed by atoms with van der Waals surface area (Å²) < 4.78 is 13.6. The lowest BCUT2D eigenvalue weighted by Crippen LogP contribution is -2.43. The molecular formula is C12H17ClFNO. The van der Waals surface area contributed by atoms with Gasteiger partial charge in [0.25, 0.3) is 0 Å². The average Bonchev–Trinajstić information content (AvgIpc) is 2.16. The van der Waals surface area contributed by atoms with Crippen LogP contribution >= 0.6 is 11.6 Å². The Morgan fingerprint density at radius 1 is 1.50 bits per heavy atom. The third-order valence-corrected chi connectivity index (χ3v) is 4.06. The van der Waals surface area contributed by atoms with Gasteiger partial charge >= 0.3 is 0 Å². The number of carbonyl (C=O) groups excluding carboxylic acids is 1. The van der Waals surface area contributed by atoms with E-state index in [0.717, 1.165) is 25.9 Å². The highest BCUT2D eigenvalue weighted by Crippen LogP contribution is 2.36. The van der Waals surface area contributed by atoms with Crippen molar-refractivity contribution < 1.29 is 9.18 Å². The maximum absolute atomic E-state index is 13.6. The van der Waals surface area contributed by atoms with Gasteiger partial charge in [0.15, 0.2) is 0 Å². The summed E-state index contributed by atoms with van der Waals surface area (Å²) in [7, 11) is 0. The van der Waals surface area contributed by atoms with Crippen molar-refractivity contribution in [3.63, 3.8) is 0 Å². The van der Waals surface area contributed by atoms with Gasteiger partial charge in [0.05, 0.1) is 5.38 Å². The van der Waals surface area contributed by atoms with Crippen LogP contribution in [0.1, 0.15) is 25.7 Å². The largest absolute Gasteiger partial charge is 0.343 e. The standard InChI is InChI=1S/C12H17ClFNO/c1-8-9(3-4-10(13)12(8)14)7-11(16)15-5-2-6-15/h9-10,12H,1-7H2. The maximum atomic E-state index is 13.6. The second-order valence-electron chi connectivity index (χ2n) is 4.71. The normalized spacial score (nSPS) is 34.8. The molecule has 0 aromatic rings. The van der Waals surface area contributed by atoms with Gasteiger partial charge in [-0.2, -0.15) is 0 Å². The monoisotopic (exact) mass is 245 g/mol. The van der Waals surface area contributed by atoms with Crippen LogP contribution in [0.5, 0.6) is 0 Å². The minimum absolute atomic E-state index is 0.0156. The molecule has 2 rings (SSSR count). The predicted molar refractivity (Wildman–Crippen MR) is 62.2 cm³/mol. The molecule has 3 unspecified atom stereocenters. The molecule has 90 valence electrons. The van der Waals surface area contributed by atoms with Crippen LogP contribution in [-0.2, 0) is 4.79 Å². The van der Waals surface area contributed by atoms with Crippen LogP contribution in [0.4, 0.5) is 4.39 Å². The lowest BCUT2D eigenvalue weighted by molar-refractivity contribution is -0.135. The average molecular weight is 246 g/mol. The highest BCUT2D eigenvalue weighted by molar-refractivity contribution is 6.21. The van der Waals surface area contributed by atoms with Crippen molar-refractivity contribution in [2.45, 2.75) is 37.2 Å². The van der Waals surface area contributed by atoms with Gasteiger partial charge in [0.1, 0.15) is 6.17 Å². The molecule has 2 aliphatic rings. The Labute approximate surface area is 100 Å². The van der Waals surface area contributed by atoms with Gasteiger partial charge in [-0.1, -0.05) is 6.58 Å². The number of halogens is 2. The molecule has 0 bridgehead atoms. The van der Waals surface area contributed by atoms with Gasteiger partial charge in [0.2, 0.25) is 5.91 Å². The van der Waals surface area contributed by atoms with E-state index in [4.69, 9.17) is 11.6 Å². The van der Waals surface area contributed by atoms with Crippen LogP contribution in [0.3, 0.4) is 0 Å². The van der Waals surface area contributed by atoms with Gasteiger partial charge in [-0.3, -0.25) is 4.79 Å². The number of hydrogen-bond acceptors (Lipinski definition) is 1. The van der Waals surface area contributed by atoms with Crippen LogP contribution < -0.4 is 0 Å². The Bertz CT molecular complexity index is 303. The fraction of sp³-hybridized carbons (Fsp3) is 0.750. The first-order valence-electron chi connectivity index (χ1n) is 5.84. The predicted octanol–water partition coefficient (Wildman–Crippen LogP) is 2.52. The molecule has 0 radical (unpaired) electrons. The first-order valence-corrected chi connectivity index (χ1v) is 6.28. The summed E-state index contributed by atoms with van der Waals surface area (Å²) >= 11 is 5.83. The van der Waals surface area contributed by atoms with E-state index in [0.29, 0.717) is 18.4 Å². The number of rotatable bonds is 2. The molecule has 16 heavy (non-hydrogen) atoms. The number of alkyl halides is 2. The first-order chi connectivity index (χ1) is 7.59. The lowest BCUT2D eigenvalue weighted by Gasteiger charge is -2.35. The molecular weight excluding hydrogens is 229 g/mol. The molecule has 1 aliphatic heterocycles. The van der Waals surface area contributed by atoms with Crippen LogP contribution in [0.2, 0.25) is 0 Å². The molecule has 3 atom stereocenters. The van der Waals surface area contributed by atoms with E-state index < -0.39 is 11.5 Å². The summed E-state index contributed by atoms with van der Waals surface area (Å²) in [5.74, 6) is 0.121.